The molecule has 1 aliphatic carbocycles. The summed E-state index contributed by atoms with van der Waals surface area (Å²) in [6.07, 6.45) is 2.96. The minimum absolute atomic E-state index is 0.0843. The van der Waals surface area contributed by atoms with E-state index < -0.39 is 5.41 Å². The third kappa shape index (κ3) is 3.80. The number of carbonyl (C=O) groups excluding carboxylic acids is 1. The van der Waals surface area contributed by atoms with Gasteiger partial charge < -0.3 is 20.3 Å². The van der Waals surface area contributed by atoms with Crippen LogP contribution in [0, 0.1) is 12.3 Å². The number of rotatable bonds is 4. The molecule has 4 rings (SSSR count). The highest BCUT2D eigenvalue weighted by molar-refractivity contribution is 5.91. The first kappa shape index (κ1) is 20.8. The van der Waals surface area contributed by atoms with Gasteiger partial charge in [-0.2, -0.15) is 9.97 Å². The first-order valence-electron chi connectivity index (χ1n) is 10.7. The van der Waals surface area contributed by atoms with Gasteiger partial charge in [-0.15, -0.1) is 0 Å². The van der Waals surface area contributed by atoms with Gasteiger partial charge in [0.15, 0.2) is 5.65 Å². The van der Waals surface area contributed by atoms with Crippen LogP contribution in [0.25, 0.3) is 11.0 Å². The number of likely N-dealkylation sites (tertiary alicyclic amines) is 1. The van der Waals surface area contributed by atoms with Gasteiger partial charge in [-0.3, -0.25) is 4.79 Å². The monoisotopic (exact) mass is 412 g/mol. The highest BCUT2D eigenvalue weighted by atomic mass is 16.5. The van der Waals surface area contributed by atoms with Gasteiger partial charge in [-0.25, -0.2) is 4.98 Å². The Morgan fingerprint density at radius 2 is 1.93 bits per heavy atom. The second kappa shape index (κ2) is 7.65. The van der Waals surface area contributed by atoms with E-state index in [-0.39, 0.29) is 18.1 Å². The minimum Gasteiger partial charge on any atom is -0.458 e. The first-order chi connectivity index (χ1) is 14.2. The SMILES string of the molecule is CNc1nc(NC2CN(C)CC2OC(=O)C(C)(C)C)nc2nc3c(c(C)c12)CCC3. The number of aromatic nitrogens is 3. The van der Waals surface area contributed by atoms with Gasteiger partial charge in [0, 0.05) is 25.8 Å². The molecule has 2 N–H and O–H groups in total. The minimum atomic E-state index is -0.535. The van der Waals surface area contributed by atoms with E-state index in [2.05, 4.69) is 22.5 Å². The van der Waals surface area contributed by atoms with Crippen molar-refractivity contribution in [1.29, 1.82) is 0 Å². The van der Waals surface area contributed by atoms with Gasteiger partial charge >= 0.3 is 5.97 Å². The molecule has 1 aliphatic heterocycles. The maximum atomic E-state index is 12.4. The topological polar surface area (TPSA) is 92.3 Å². The molecule has 162 valence electrons. The molecule has 8 nitrogen and oxygen atoms in total. The predicted octanol–water partition coefficient (Wildman–Crippen LogP) is 2.55. The summed E-state index contributed by atoms with van der Waals surface area (Å²) in [4.78, 5) is 28.9. The lowest BCUT2D eigenvalue weighted by atomic mass is 9.97. The van der Waals surface area contributed by atoms with Crippen molar-refractivity contribution < 1.29 is 9.53 Å². The third-order valence-electron chi connectivity index (χ3n) is 6.02. The lowest BCUT2D eigenvalue weighted by Crippen LogP contribution is -2.39. The Morgan fingerprint density at radius 1 is 1.17 bits per heavy atom. The van der Waals surface area contributed by atoms with Gasteiger partial charge in [0.1, 0.15) is 11.9 Å². The Hall–Kier alpha value is -2.48. The molecule has 3 heterocycles. The number of carbonyl (C=O) groups is 1. The van der Waals surface area contributed by atoms with Crippen molar-refractivity contribution in [2.75, 3.05) is 37.8 Å². The summed E-state index contributed by atoms with van der Waals surface area (Å²) < 4.78 is 5.82. The third-order valence-corrected chi connectivity index (χ3v) is 6.02. The fourth-order valence-corrected chi connectivity index (χ4v) is 4.35. The van der Waals surface area contributed by atoms with Crippen LogP contribution in [0.4, 0.5) is 11.8 Å². The van der Waals surface area contributed by atoms with Crippen molar-refractivity contribution >= 4 is 28.8 Å². The Morgan fingerprint density at radius 3 is 2.63 bits per heavy atom. The molecule has 2 unspecified atom stereocenters. The van der Waals surface area contributed by atoms with Crippen molar-refractivity contribution in [3.8, 4) is 0 Å². The van der Waals surface area contributed by atoms with Crippen LogP contribution in [-0.2, 0) is 22.4 Å². The summed E-state index contributed by atoms with van der Waals surface area (Å²) in [5, 5.41) is 7.61. The zero-order valence-electron chi connectivity index (χ0n) is 18.8. The summed E-state index contributed by atoms with van der Waals surface area (Å²) in [7, 11) is 3.89. The van der Waals surface area contributed by atoms with Gasteiger partial charge in [-0.05, 0) is 65.1 Å². The van der Waals surface area contributed by atoms with Crippen LogP contribution < -0.4 is 10.6 Å². The van der Waals surface area contributed by atoms with Crippen LogP contribution in [0.5, 0.6) is 0 Å². The zero-order chi connectivity index (χ0) is 21.6. The number of nitrogens with one attached hydrogen (secondary N) is 2. The average Bonchev–Trinajstić information content (AvgIpc) is 3.27. The molecule has 2 aliphatic rings. The molecule has 0 radical (unpaired) electrons. The van der Waals surface area contributed by atoms with Crippen LogP contribution in [0.1, 0.15) is 44.0 Å². The molecular formula is C22H32N6O2. The van der Waals surface area contributed by atoms with E-state index in [4.69, 9.17) is 19.7 Å². The molecule has 2 aromatic heterocycles. The van der Waals surface area contributed by atoms with Crippen LogP contribution in [0.3, 0.4) is 0 Å². The fraction of sp³-hybridized carbons (Fsp3) is 0.636. The van der Waals surface area contributed by atoms with E-state index in [1.54, 1.807) is 0 Å². The zero-order valence-corrected chi connectivity index (χ0v) is 18.8. The van der Waals surface area contributed by atoms with Gasteiger partial charge in [0.05, 0.1) is 16.8 Å². The first-order valence-corrected chi connectivity index (χ1v) is 10.7. The van der Waals surface area contributed by atoms with E-state index in [0.717, 1.165) is 42.7 Å². The van der Waals surface area contributed by atoms with Gasteiger partial charge in [0.2, 0.25) is 5.95 Å². The Kier molecular flexibility index (Phi) is 5.30. The Bertz CT molecular complexity index is 984. The Labute approximate surface area is 177 Å². The van der Waals surface area contributed by atoms with Crippen molar-refractivity contribution in [1.82, 2.24) is 19.9 Å². The lowest BCUT2D eigenvalue weighted by Gasteiger charge is -2.25. The normalized spacial score (nSPS) is 21.7. The van der Waals surface area contributed by atoms with Gasteiger partial charge in [-0.1, -0.05) is 0 Å². The number of hydrogen-bond acceptors (Lipinski definition) is 8. The van der Waals surface area contributed by atoms with E-state index >= 15 is 0 Å². The highest BCUT2D eigenvalue weighted by Gasteiger charge is 2.37. The number of nitrogens with zero attached hydrogens (tertiary/aromatic N) is 4. The molecule has 0 bridgehead atoms. The van der Waals surface area contributed by atoms with E-state index in [9.17, 15) is 4.79 Å². The number of anilines is 2. The van der Waals surface area contributed by atoms with Crippen molar-refractivity contribution in [3.05, 3.63) is 16.8 Å². The van der Waals surface area contributed by atoms with Crippen LogP contribution in [0.15, 0.2) is 0 Å². The quantitative estimate of drug-likeness (QED) is 0.740. The number of aryl methyl sites for hydroxylation is 2. The number of ether oxygens (including phenoxy) is 1. The maximum absolute atomic E-state index is 12.4. The van der Waals surface area contributed by atoms with Gasteiger partial charge in [0.25, 0.3) is 0 Å². The van der Waals surface area contributed by atoms with Crippen LogP contribution in [-0.4, -0.2) is 65.2 Å². The number of pyridine rings is 1. The maximum Gasteiger partial charge on any atom is 0.311 e. The van der Waals surface area contributed by atoms with E-state index in [0.29, 0.717) is 18.1 Å². The number of likely N-dealkylation sites (N-methyl/N-ethyl adjacent to an activating group) is 1. The molecule has 8 heteroatoms. The second-order valence-electron chi connectivity index (χ2n) is 9.53. The van der Waals surface area contributed by atoms with E-state index in [1.807, 2.05) is 34.9 Å². The molecule has 30 heavy (non-hydrogen) atoms. The van der Waals surface area contributed by atoms with Crippen molar-refractivity contribution in [2.45, 2.75) is 59.1 Å². The molecule has 0 saturated carbocycles. The molecule has 0 aromatic carbocycles. The largest absolute Gasteiger partial charge is 0.458 e. The standard InChI is InChI=1S/C22H32N6O2/c1-12-13-8-7-9-14(13)24-19-17(12)18(23-5)26-21(27-19)25-15-10-28(6)11-16(15)30-20(29)22(2,3)4/h15-16H,7-11H2,1-6H3,(H2,23,24,25,26,27). The lowest BCUT2D eigenvalue weighted by molar-refractivity contribution is -0.158. The number of hydrogen-bond donors (Lipinski definition) is 2. The average molecular weight is 413 g/mol. The summed E-state index contributed by atoms with van der Waals surface area (Å²) in [6.45, 7) is 9.17. The van der Waals surface area contributed by atoms with E-state index in [1.165, 1.54) is 11.1 Å². The molecule has 1 saturated heterocycles. The second-order valence-corrected chi connectivity index (χ2v) is 9.53. The highest BCUT2D eigenvalue weighted by Crippen LogP contribution is 2.32. The summed E-state index contributed by atoms with van der Waals surface area (Å²) in [5.41, 5.74) is 3.90. The summed E-state index contributed by atoms with van der Waals surface area (Å²) in [6, 6.07) is -0.0843. The summed E-state index contributed by atoms with van der Waals surface area (Å²) >= 11 is 0. The molecule has 1 fully saturated rings. The molecule has 2 atom stereocenters. The molecule has 2 aromatic rings. The summed E-state index contributed by atoms with van der Waals surface area (Å²) in [5.74, 6) is 1.09. The van der Waals surface area contributed by atoms with Crippen LogP contribution >= 0.6 is 0 Å². The smallest absolute Gasteiger partial charge is 0.311 e. The van der Waals surface area contributed by atoms with Crippen LogP contribution in [0.2, 0.25) is 0 Å². The van der Waals surface area contributed by atoms with Crippen molar-refractivity contribution in [3.63, 3.8) is 0 Å². The van der Waals surface area contributed by atoms with Crippen molar-refractivity contribution in [2.24, 2.45) is 5.41 Å². The number of esters is 1. The predicted molar refractivity (Wildman–Crippen MR) is 118 cm³/mol. The number of fused-ring (bicyclic) bond motifs is 2. The molecule has 0 spiro atoms. The Balaban J connectivity index is 1.64. The molecule has 0 amide bonds. The molecular weight excluding hydrogens is 380 g/mol. The fourth-order valence-electron chi connectivity index (χ4n) is 4.35.